The molecule has 0 aliphatic carbocycles. The average molecular weight is 184 g/mol. The molecule has 0 unspecified atom stereocenters. The van der Waals surface area contributed by atoms with Crippen LogP contribution >= 0.6 is 0 Å². The Labute approximate surface area is 76.4 Å². The summed E-state index contributed by atoms with van der Waals surface area (Å²) >= 11 is 0. The Morgan fingerprint density at radius 3 is 2.62 bits per heavy atom. The zero-order valence-electron chi connectivity index (χ0n) is 7.87. The van der Waals surface area contributed by atoms with Crippen LogP contribution in [0.4, 0.5) is 0 Å². The Balaban J connectivity index is 2.40. The van der Waals surface area contributed by atoms with Crippen LogP contribution in [0.2, 0.25) is 0 Å². The van der Waals surface area contributed by atoms with Crippen LogP contribution in [0.15, 0.2) is 22.8 Å². The fourth-order valence-corrected chi connectivity index (χ4v) is 0.515. The second kappa shape index (κ2) is 3.51. The largest absolute Gasteiger partial charge is 0.431 e. The monoisotopic (exact) mass is 184 g/mol. The molecule has 0 radical (unpaired) electrons. The van der Waals surface area contributed by atoms with Gasteiger partial charge in [-0.05, 0) is 26.8 Å². The van der Waals surface area contributed by atoms with Gasteiger partial charge in [0.25, 0.3) is 0 Å². The van der Waals surface area contributed by atoms with Gasteiger partial charge in [0.05, 0.1) is 11.7 Å². The molecule has 72 valence electrons. The van der Waals surface area contributed by atoms with Gasteiger partial charge in [0.15, 0.2) is 0 Å². The number of furan rings is 1. The molecule has 1 aromatic heterocycles. The number of carbonyl (C=O) groups excluding carboxylic acids is 1. The van der Waals surface area contributed by atoms with Gasteiger partial charge in [-0.15, -0.1) is 0 Å². The first-order valence-electron chi connectivity index (χ1n) is 3.92. The third kappa shape index (κ3) is 2.82. The van der Waals surface area contributed by atoms with Crippen molar-refractivity contribution in [1.82, 2.24) is 0 Å². The third-order valence-electron chi connectivity index (χ3n) is 1.31. The van der Waals surface area contributed by atoms with E-state index in [0.29, 0.717) is 0 Å². The molecule has 0 aliphatic heterocycles. The van der Waals surface area contributed by atoms with Crippen molar-refractivity contribution < 1.29 is 19.0 Å². The third-order valence-corrected chi connectivity index (χ3v) is 1.31. The van der Waals surface area contributed by atoms with E-state index in [1.807, 2.05) is 0 Å². The maximum Gasteiger partial charge on any atom is 0.360 e. The van der Waals surface area contributed by atoms with Crippen LogP contribution in [0.25, 0.3) is 0 Å². The molecule has 4 heteroatoms. The summed E-state index contributed by atoms with van der Waals surface area (Å²) in [7, 11) is 0. The van der Waals surface area contributed by atoms with E-state index in [4.69, 9.17) is 4.42 Å². The highest BCUT2D eigenvalue weighted by atomic mass is 17.2. The molecule has 0 amide bonds. The van der Waals surface area contributed by atoms with Crippen LogP contribution in [0.3, 0.4) is 0 Å². The summed E-state index contributed by atoms with van der Waals surface area (Å²) < 4.78 is 4.80. The highest BCUT2D eigenvalue weighted by Crippen LogP contribution is 2.17. The number of carbonyl (C=O) groups is 1. The van der Waals surface area contributed by atoms with E-state index in [9.17, 15) is 4.79 Å². The molecular weight excluding hydrogens is 172 g/mol. The molecule has 0 atom stereocenters. The minimum Gasteiger partial charge on any atom is -0.431 e. The normalized spacial score (nSPS) is 11.0. The fourth-order valence-electron chi connectivity index (χ4n) is 0.515. The van der Waals surface area contributed by atoms with E-state index >= 15 is 0 Å². The van der Waals surface area contributed by atoms with Crippen LogP contribution < -0.4 is 4.89 Å². The van der Waals surface area contributed by atoms with E-state index in [0.717, 1.165) is 0 Å². The van der Waals surface area contributed by atoms with Gasteiger partial charge in [-0.1, -0.05) is 0 Å². The summed E-state index contributed by atoms with van der Waals surface area (Å²) in [4.78, 5) is 20.3. The molecule has 0 N–H and O–H groups in total. The molecule has 0 saturated carbocycles. The maximum atomic E-state index is 11.2. The van der Waals surface area contributed by atoms with E-state index in [1.54, 1.807) is 32.9 Å². The van der Waals surface area contributed by atoms with Gasteiger partial charge in [-0.25, -0.2) is 14.6 Å². The van der Waals surface area contributed by atoms with E-state index in [1.165, 1.54) is 6.26 Å². The highest BCUT2D eigenvalue weighted by molar-refractivity contribution is 5.74. The first-order valence-corrected chi connectivity index (χ1v) is 3.92. The van der Waals surface area contributed by atoms with Crippen LogP contribution in [0.5, 0.6) is 5.95 Å². The molecule has 0 fully saturated rings. The fraction of sp³-hybridized carbons (Fsp3) is 0.444. The van der Waals surface area contributed by atoms with Gasteiger partial charge in [-0.2, -0.15) is 0 Å². The van der Waals surface area contributed by atoms with E-state index < -0.39 is 11.4 Å². The quantitative estimate of drug-likeness (QED) is 0.522. The Morgan fingerprint density at radius 2 is 2.15 bits per heavy atom. The SMILES string of the molecule is CC(C)(C)C(=O)OOc1ccco1. The standard InChI is InChI=1S/C9H12O4/c1-9(2,3)8(10)13-12-7-5-4-6-11-7/h4-6H,1-3H3. The second-order valence-corrected chi connectivity index (χ2v) is 3.64. The Kier molecular flexibility index (Phi) is 2.60. The Morgan fingerprint density at radius 1 is 1.46 bits per heavy atom. The predicted molar refractivity (Wildman–Crippen MR) is 44.9 cm³/mol. The van der Waals surface area contributed by atoms with Crippen LogP contribution in [0, 0.1) is 5.41 Å². The van der Waals surface area contributed by atoms with Crippen molar-refractivity contribution in [3.63, 3.8) is 0 Å². The van der Waals surface area contributed by atoms with Gasteiger partial charge in [0.1, 0.15) is 0 Å². The first-order chi connectivity index (χ1) is 6.00. The minimum absolute atomic E-state index is 0.164. The molecule has 0 aliphatic rings. The molecule has 0 spiro atoms. The van der Waals surface area contributed by atoms with Gasteiger partial charge in [0.2, 0.25) is 0 Å². The van der Waals surface area contributed by atoms with Crippen LogP contribution in [-0.4, -0.2) is 5.97 Å². The zero-order chi connectivity index (χ0) is 9.90. The number of hydrogen-bond acceptors (Lipinski definition) is 4. The summed E-state index contributed by atoms with van der Waals surface area (Å²) in [5.74, 6) is -0.276. The van der Waals surface area contributed by atoms with Crippen molar-refractivity contribution in [2.75, 3.05) is 0 Å². The van der Waals surface area contributed by atoms with Gasteiger partial charge >= 0.3 is 11.9 Å². The summed E-state index contributed by atoms with van der Waals surface area (Å²) in [6.45, 7) is 5.21. The Hall–Kier alpha value is -1.45. The summed E-state index contributed by atoms with van der Waals surface area (Å²) in [5.41, 5.74) is -0.577. The van der Waals surface area contributed by atoms with Crippen molar-refractivity contribution in [1.29, 1.82) is 0 Å². The lowest BCUT2D eigenvalue weighted by Gasteiger charge is -2.13. The average Bonchev–Trinajstić information content (AvgIpc) is 2.50. The van der Waals surface area contributed by atoms with Gasteiger partial charge in [-0.3, -0.25) is 0 Å². The molecule has 0 saturated heterocycles. The Bertz CT molecular complexity index is 268. The van der Waals surface area contributed by atoms with Gasteiger partial charge < -0.3 is 4.42 Å². The lowest BCUT2D eigenvalue weighted by molar-refractivity contribution is -0.229. The molecule has 0 aromatic carbocycles. The number of hydrogen-bond donors (Lipinski definition) is 0. The summed E-state index contributed by atoms with van der Waals surface area (Å²) in [6.07, 6.45) is 1.43. The molecule has 1 heterocycles. The van der Waals surface area contributed by atoms with E-state index in [2.05, 4.69) is 9.78 Å². The van der Waals surface area contributed by atoms with Gasteiger partial charge in [0, 0.05) is 6.07 Å². The van der Waals surface area contributed by atoms with Crippen molar-refractivity contribution in [3.05, 3.63) is 18.4 Å². The van der Waals surface area contributed by atoms with E-state index in [-0.39, 0.29) is 5.95 Å². The second-order valence-electron chi connectivity index (χ2n) is 3.64. The summed E-state index contributed by atoms with van der Waals surface area (Å²) in [6, 6.07) is 3.19. The molecule has 0 bridgehead atoms. The summed E-state index contributed by atoms with van der Waals surface area (Å²) in [5, 5.41) is 0. The van der Waals surface area contributed by atoms with Crippen molar-refractivity contribution in [2.45, 2.75) is 20.8 Å². The van der Waals surface area contributed by atoms with Crippen LogP contribution in [0.1, 0.15) is 20.8 Å². The molecule has 1 aromatic rings. The topological polar surface area (TPSA) is 48.7 Å². The number of rotatable bonds is 2. The maximum absolute atomic E-state index is 11.2. The highest BCUT2D eigenvalue weighted by Gasteiger charge is 2.25. The minimum atomic E-state index is -0.577. The molecular formula is C9H12O4. The molecule has 4 nitrogen and oxygen atoms in total. The predicted octanol–water partition coefficient (Wildman–Crippen LogP) is 2.16. The van der Waals surface area contributed by atoms with Crippen molar-refractivity contribution in [3.8, 4) is 5.95 Å². The lowest BCUT2D eigenvalue weighted by atomic mass is 9.98. The van der Waals surface area contributed by atoms with Crippen molar-refractivity contribution in [2.24, 2.45) is 5.41 Å². The smallest absolute Gasteiger partial charge is 0.360 e. The van der Waals surface area contributed by atoms with Crippen molar-refractivity contribution >= 4 is 5.97 Å². The lowest BCUT2D eigenvalue weighted by Crippen LogP contribution is -2.24. The molecule has 13 heavy (non-hydrogen) atoms. The first kappa shape index (κ1) is 9.64. The zero-order valence-corrected chi connectivity index (χ0v) is 7.87. The van der Waals surface area contributed by atoms with Crippen LogP contribution in [-0.2, 0) is 9.68 Å². The molecule has 1 rings (SSSR count).